The molecular weight excluding hydrogens is 250 g/mol. The van der Waals surface area contributed by atoms with Gasteiger partial charge in [-0.15, -0.1) is 0 Å². The maximum Gasteiger partial charge on any atom is 0.131 e. The summed E-state index contributed by atoms with van der Waals surface area (Å²) < 4.78 is 33.0. The van der Waals surface area contributed by atoms with Crippen LogP contribution in [0.1, 0.15) is 25.5 Å². The van der Waals surface area contributed by atoms with Crippen LogP contribution in [-0.4, -0.2) is 36.7 Å². The zero-order valence-corrected chi connectivity index (χ0v) is 11.3. The molecule has 0 saturated carbocycles. The van der Waals surface area contributed by atoms with Crippen LogP contribution in [0.2, 0.25) is 0 Å². The van der Waals surface area contributed by atoms with E-state index in [4.69, 9.17) is 10.5 Å². The molecule has 2 rings (SSSR count). The van der Waals surface area contributed by atoms with E-state index in [1.54, 1.807) is 0 Å². The third-order valence-corrected chi connectivity index (χ3v) is 3.59. The summed E-state index contributed by atoms with van der Waals surface area (Å²) in [6.45, 7) is 6.11. The lowest BCUT2D eigenvalue weighted by atomic mass is 9.99. The van der Waals surface area contributed by atoms with E-state index in [2.05, 4.69) is 18.7 Å². The lowest BCUT2D eigenvalue weighted by Crippen LogP contribution is -2.49. The number of rotatable bonds is 3. The fourth-order valence-electron chi connectivity index (χ4n) is 2.40. The van der Waals surface area contributed by atoms with Gasteiger partial charge in [0.2, 0.25) is 0 Å². The summed E-state index contributed by atoms with van der Waals surface area (Å²) in [6, 6.07) is 3.36. The quantitative estimate of drug-likeness (QED) is 0.914. The molecule has 0 bridgehead atoms. The molecule has 1 heterocycles. The molecule has 0 aliphatic carbocycles. The smallest absolute Gasteiger partial charge is 0.131 e. The molecule has 1 fully saturated rings. The average Bonchev–Trinajstić information content (AvgIpc) is 2.38. The fourth-order valence-corrected chi connectivity index (χ4v) is 2.40. The second-order valence-corrected chi connectivity index (χ2v) is 5.16. The summed E-state index contributed by atoms with van der Waals surface area (Å²) >= 11 is 0. The van der Waals surface area contributed by atoms with Gasteiger partial charge >= 0.3 is 0 Å². The Morgan fingerprint density at radius 2 is 1.95 bits per heavy atom. The Balaban J connectivity index is 2.17. The molecule has 0 aromatic heterocycles. The van der Waals surface area contributed by atoms with Crippen molar-refractivity contribution in [3.63, 3.8) is 0 Å². The van der Waals surface area contributed by atoms with E-state index in [1.165, 1.54) is 18.2 Å². The van der Waals surface area contributed by atoms with Crippen LogP contribution in [0.5, 0.6) is 0 Å². The first-order valence-electron chi connectivity index (χ1n) is 6.56. The highest BCUT2D eigenvalue weighted by atomic mass is 19.1. The summed E-state index contributed by atoms with van der Waals surface area (Å²) in [5, 5.41) is 0. The largest absolute Gasteiger partial charge is 0.374 e. The van der Waals surface area contributed by atoms with Crippen molar-refractivity contribution in [1.82, 2.24) is 4.90 Å². The van der Waals surface area contributed by atoms with Gasteiger partial charge < -0.3 is 10.5 Å². The van der Waals surface area contributed by atoms with Crippen LogP contribution in [0.4, 0.5) is 8.78 Å². The minimum Gasteiger partial charge on any atom is -0.374 e. The van der Waals surface area contributed by atoms with Crippen LogP contribution in [-0.2, 0) is 4.74 Å². The monoisotopic (exact) mass is 270 g/mol. The number of nitrogens with zero attached hydrogens (tertiary/aromatic N) is 1. The number of nitrogens with two attached hydrogens (primary N) is 1. The van der Waals surface area contributed by atoms with Crippen molar-refractivity contribution in [2.45, 2.75) is 32.0 Å². The zero-order chi connectivity index (χ0) is 14.0. The van der Waals surface area contributed by atoms with Crippen molar-refractivity contribution in [3.8, 4) is 0 Å². The first kappa shape index (κ1) is 14.4. The van der Waals surface area contributed by atoms with E-state index in [0.717, 1.165) is 6.54 Å². The number of ether oxygens (including phenoxy) is 1. The van der Waals surface area contributed by atoms with Gasteiger partial charge in [-0.2, -0.15) is 0 Å². The van der Waals surface area contributed by atoms with Crippen molar-refractivity contribution in [2.24, 2.45) is 5.73 Å². The predicted molar refractivity (Wildman–Crippen MR) is 69.7 cm³/mol. The minimum absolute atomic E-state index is 0.0851. The van der Waals surface area contributed by atoms with Crippen LogP contribution in [0.15, 0.2) is 18.2 Å². The normalized spacial score (nSPS) is 22.7. The molecule has 2 unspecified atom stereocenters. The number of morpholine rings is 1. The Kier molecular flexibility index (Phi) is 4.50. The van der Waals surface area contributed by atoms with Crippen LogP contribution < -0.4 is 5.73 Å². The molecule has 2 N–H and O–H groups in total. The Bertz CT molecular complexity index is 419. The molecule has 1 aliphatic heterocycles. The molecule has 0 radical (unpaired) electrons. The molecular formula is C14H20F2N2O. The molecule has 19 heavy (non-hydrogen) atoms. The van der Waals surface area contributed by atoms with Crippen LogP contribution in [0, 0.1) is 11.6 Å². The van der Waals surface area contributed by atoms with Gasteiger partial charge in [-0.05, 0) is 26.0 Å². The Labute approximate surface area is 112 Å². The second kappa shape index (κ2) is 5.94. The summed E-state index contributed by atoms with van der Waals surface area (Å²) in [4.78, 5) is 2.20. The Hall–Kier alpha value is -1.04. The van der Waals surface area contributed by atoms with E-state index in [1.807, 2.05) is 0 Å². The van der Waals surface area contributed by atoms with Crippen molar-refractivity contribution < 1.29 is 13.5 Å². The summed E-state index contributed by atoms with van der Waals surface area (Å²) in [6.07, 6.45) is -0.387. The van der Waals surface area contributed by atoms with Gasteiger partial charge in [0, 0.05) is 24.7 Å². The second-order valence-electron chi connectivity index (χ2n) is 5.16. The lowest BCUT2D eigenvalue weighted by Gasteiger charge is -2.38. The highest BCUT2D eigenvalue weighted by Crippen LogP contribution is 2.25. The molecule has 5 heteroatoms. The van der Waals surface area contributed by atoms with Crippen LogP contribution >= 0.6 is 0 Å². The predicted octanol–water partition coefficient (Wildman–Crippen LogP) is 2.07. The summed E-state index contributed by atoms with van der Waals surface area (Å²) in [5.74, 6) is -1.23. The Morgan fingerprint density at radius 3 is 2.53 bits per heavy atom. The van der Waals surface area contributed by atoms with Gasteiger partial charge in [0.1, 0.15) is 11.6 Å². The van der Waals surface area contributed by atoms with E-state index < -0.39 is 17.7 Å². The van der Waals surface area contributed by atoms with Crippen LogP contribution in [0.3, 0.4) is 0 Å². The lowest BCUT2D eigenvalue weighted by molar-refractivity contribution is -0.0511. The van der Waals surface area contributed by atoms with Gasteiger partial charge in [0.25, 0.3) is 0 Å². The number of benzene rings is 1. The molecule has 1 aromatic carbocycles. The van der Waals surface area contributed by atoms with E-state index >= 15 is 0 Å². The van der Waals surface area contributed by atoms with E-state index in [-0.39, 0.29) is 11.7 Å². The van der Waals surface area contributed by atoms with Crippen LogP contribution in [0.25, 0.3) is 0 Å². The number of hydrogen-bond donors (Lipinski definition) is 1. The molecule has 106 valence electrons. The van der Waals surface area contributed by atoms with Crippen molar-refractivity contribution in [1.29, 1.82) is 0 Å². The maximum atomic E-state index is 13.7. The SMILES string of the molecule is CC(C)N1CCOC(C(N)c2c(F)cccc2F)C1. The zero-order valence-electron chi connectivity index (χ0n) is 11.3. The highest BCUT2D eigenvalue weighted by Gasteiger charge is 2.30. The van der Waals surface area contributed by atoms with E-state index in [0.29, 0.717) is 19.2 Å². The van der Waals surface area contributed by atoms with Gasteiger partial charge in [0.05, 0.1) is 18.8 Å². The van der Waals surface area contributed by atoms with Crippen molar-refractivity contribution >= 4 is 0 Å². The average molecular weight is 270 g/mol. The van der Waals surface area contributed by atoms with Gasteiger partial charge in [-0.1, -0.05) is 6.07 Å². The van der Waals surface area contributed by atoms with Gasteiger partial charge in [-0.25, -0.2) is 8.78 Å². The summed E-state index contributed by atoms with van der Waals surface area (Å²) in [7, 11) is 0. The highest BCUT2D eigenvalue weighted by molar-refractivity contribution is 5.24. The maximum absolute atomic E-state index is 13.7. The first-order valence-corrected chi connectivity index (χ1v) is 6.56. The third kappa shape index (κ3) is 3.11. The van der Waals surface area contributed by atoms with E-state index in [9.17, 15) is 8.78 Å². The molecule has 1 aromatic rings. The molecule has 1 aliphatic rings. The third-order valence-electron chi connectivity index (χ3n) is 3.59. The van der Waals surface area contributed by atoms with Crippen molar-refractivity contribution in [2.75, 3.05) is 19.7 Å². The molecule has 0 amide bonds. The summed E-state index contributed by atoms with van der Waals surface area (Å²) in [5.41, 5.74) is 5.92. The van der Waals surface area contributed by atoms with Gasteiger partial charge in [0.15, 0.2) is 0 Å². The number of halogens is 2. The molecule has 0 spiro atoms. The Morgan fingerprint density at radius 1 is 1.32 bits per heavy atom. The molecule has 3 nitrogen and oxygen atoms in total. The topological polar surface area (TPSA) is 38.5 Å². The van der Waals surface area contributed by atoms with Gasteiger partial charge in [-0.3, -0.25) is 4.90 Å². The molecule has 1 saturated heterocycles. The number of hydrogen-bond acceptors (Lipinski definition) is 3. The standard InChI is InChI=1S/C14H20F2N2O/c1-9(2)18-6-7-19-12(8-18)14(17)13-10(15)4-3-5-11(13)16/h3-5,9,12,14H,6-8,17H2,1-2H3. The fraction of sp³-hybridized carbons (Fsp3) is 0.571. The first-order chi connectivity index (χ1) is 9.00. The van der Waals surface area contributed by atoms with Crippen molar-refractivity contribution in [3.05, 3.63) is 35.4 Å². The molecule has 2 atom stereocenters. The minimum atomic E-state index is -0.789.